The molecule has 0 heterocycles. The third-order valence-electron chi connectivity index (χ3n) is 2.42. The highest BCUT2D eigenvalue weighted by Crippen LogP contribution is 2.22. The Morgan fingerprint density at radius 1 is 1.38 bits per heavy atom. The van der Waals surface area contributed by atoms with E-state index in [1.807, 2.05) is 6.92 Å². The maximum Gasteiger partial charge on any atom is 0.130 e. The van der Waals surface area contributed by atoms with Gasteiger partial charge in [-0.25, -0.2) is 8.78 Å². The Hall–Kier alpha value is -1.00. The van der Waals surface area contributed by atoms with Gasteiger partial charge in [-0.3, -0.25) is 0 Å². The van der Waals surface area contributed by atoms with Crippen LogP contribution in [0.2, 0.25) is 0 Å². The first-order chi connectivity index (χ1) is 7.69. The van der Waals surface area contributed by atoms with E-state index in [1.54, 1.807) is 0 Å². The maximum absolute atomic E-state index is 13.5. The fourth-order valence-corrected chi connectivity index (χ4v) is 1.68. The summed E-state index contributed by atoms with van der Waals surface area (Å²) >= 11 is 0. The predicted octanol–water partition coefficient (Wildman–Crippen LogP) is 2.39. The van der Waals surface area contributed by atoms with Crippen LogP contribution in [-0.2, 0) is 0 Å². The largest absolute Gasteiger partial charge is 0.395 e. The number of halogens is 2. The maximum atomic E-state index is 13.5. The molecule has 1 aromatic rings. The number of benzene rings is 1. The molecular formula is C12H17F2NO. The summed E-state index contributed by atoms with van der Waals surface area (Å²) in [5, 5.41) is 11.8. The van der Waals surface area contributed by atoms with Crippen LogP contribution in [0.4, 0.5) is 8.78 Å². The van der Waals surface area contributed by atoms with Gasteiger partial charge in [-0.05, 0) is 12.5 Å². The molecule has 0 fully saturated rings. The molecule has 0 spiro atoms. The summed E-state index contributed by atoms with van der Waals surface area (Å²) in [5.41, 5.74) is 0.455. The molecule has 0 saturated heterocycles. The Bertz CT molecular complexity index is 331. The molecule has 0 radical (unpaired) electrons. The molecule has 0 saturated carbocycles. The molecule has 2 N–H and O–H groups in total. The van der Waals surface area contributed by atoms with Gasteiger partial charge >= 0.3 is 0 Å². The van der Waals surface area contributed by atoms with E-state index in [0.29, 0.717) is 12.1 Å². The molecule has 1 unspecified atom stereocenters. The Balaban J connectivity index is 2.82. The second-order valence-electron chi connectivity index (χ2n) is 3.68. The lowest BCUT2D eigenvalue weighted by atomic mass is 10.0. The van der Waals surface area contributed by atoms with Crippen LogP contribution < -0.4 is 5.32 Å². The van der Waals surface area contributed by atoms with Gasteiger partial charge in [-0.2, -0.15) is 0 Å². The Kier molecular flexibility index (Phi) is 5.35. The molecule has 2 nitrogen and oxygen atoms in total. The predicted molar refractivity (Wildman–Crippen MR) is 59.1 cm³/mol. The molecule has 0 aliphatic rings. The number of rotatable bonds is 6. The Morgan fingerprint density at radius 3 is 2.69 bits per heavy atom. The van der Waals surface area contributed by atoms with Crippen LogP contribution in [-0.4, -0.2) is 18.3 Å². The van der Waals surface area contributed by atoms with E-state index in [1.165, 1.54) is 12.1 Å². The van der Waals surface area contributed by atoms with Crippen molar-refractivity contribution in [1.29, 1.82) is 0 Å². The zero-order valence-corrected chi connectivity index (χ0v) is 9.34. The third-order valence-corrected chi connectivity index (χ3v) is 2.42. The summed E-state index contributed by atoms with van der Waals surface area (Å²) in [5.74, 6) is -1.11. The van der Waals surface area contributed by atoms with E-state index in [2.05, 4.69) is 5.32 Å². The molecular weight excluding hydrogens is 212 g/mol. The van der Waals surface area contributed by atoms with Crippen molar-refractivity contribution < 1.29 is 13.9 Å². The van der Waals surface area contributed by atoms with Crippen LogP contribution >= 0.6 is 0 Å². The molecule has 1 aromatic carbocycles. The highest BCUT2D eigenvalue weighted by atomic mass is 19.1. The smallest absolute Gasteiger partial charge is 0.130 e. The normalized spacial score (nSPS) is 12.8. The average molecular weight is 229 g/mol. The molecule has 1 rings (SSSR count). The van der Waals surface area contributed by atoms with Crippen molar-refractivity contribution in [2.75, 3.05) is 13.2 Å². The SMILES string of the molecule is CCCC(NCCO)c1ccc(F)cc1F. The summed E-state index contributed by atoms with van der Waals surface area (Å²) < 4.78 is 26.3. The van der Waals surface area contributed by atoms with Crippen LogP contribution in [0.5, 0.6) is 0 Å². The van der Waals surface area contributed by atoms with E-state index in [0.717, 1.165) is 18.9 Å². The van der Waals surface area contributed by atoms with Crippen LogP contribution in [0.3, 0.4) is 0 Å². The van der Waals surface area contributed by atoms with Crippen molar-refractivity contribution in [1.82, 2.24) is 5.32 Å². The lowest BCUT2D eigenvalue weighted by Gasteiger charge is -2.18. The van der Waals surface area contributed by atoms with Crippen molar-refractivity contribution >= 4 is 0 Å². The van der Waals surface area contributed by atoms with Crippen molar-refractivity contribution in [3.63, 3.8) is 0 Å². The molecule has 0 aliphatic carbocycles. The highest BCUT2D eigenvalue weighted by Gasteiger charge is 2.14. The van der Waals surface area contributed by atoms with Gasteiger partial charge in [0, 0.05) is 24.2 Å². The minimum absolute atomic E-state index is 0.00300. The first-order valence-corrected chi connectivity index (χ1v) is 5.48. The van der Waals surface area contributed by atoms with Gasteiger partial charge in [0.15, 0.2) is 0 Å². The monoisotopic (exact) mass is 229 g/mol. The van der Waals surface area contributed by atoms with Crippen LogP contribution in [0.1, 0.15) is 31.4 Å². The number of hydrogen-bond acceptors (Lipinski definition) is 2. The number of aliphatic hydroxyl groups excluding tert-OH is 1. The summed E-state index contributed by atoms with van der Waals surface area (Å²) in [6, 6.07) is 3.42. The van der Waals surface area contributed by atoms with Crippen LogP contribution in [0.15, 0.2) is 18.2 Å². The zero-order chi connectivity index (χ0) is 12.0. The zero-order valence-electron chi connectivity index (χ0n) is 9.34. The Labute approximate surface area is 94.3 Å². The topological polar surface area (TPSA) is 32.3 Å². The van der Waals surface area contributed by atoms with Crippen LogP contribution in [0.25, 0.3) is 0 Å². The number of hydrogen-bond donors (Lipinski definition) is 2. The summed E-state index contributed by atoms with van der Waals surface area (Å²) in [6.07, 6.45) is 1.64. The molecule has 0 aromatic heterocycles. The van der Waals surface area contributed by atoms with Gasteiger partial charge in [0.1, 0.15) is 11.6 Å². The fourth-order valence-electron chi connectivity index (χ4n) is 1.68. The quantitative estimate of drug-likeness (QED) is 0.785. The first kappa shape index (κ1) is 13.1. The van der Waals surface area contributed by atoms with E-state index in [-0.39, 0.29) is 12.6 Å². The van der Waals surface area contributed by atoms with Gasteiger partial charge in [0.2, 0.25) is 0 Å². The van der Waals surface area contributed by atoms with Gasteiger partial charge in [0.25, 0.3) is 0 Å². The van der Waals surface area contributed by atoms with E-state index >= 15 is 0 Å². The van der Waals surface area contributed by atoms with Gasteiger partial charge in [0.05, 0.1) is 6.61 Å². The minimum Gasteiger partial charge on any atom is -0.395 e. The average Bonchev–Trinajstić information content (AvgIpc) is 2.25. The molecule has 0 aliphatic heterocycles. The molecule has 4 heteroatoms. The van der Waals surface area contributed by atoms with Crippen LogP contribution in [0, 0.1) is 11.6 Å². The molecule has 0 bridgehead atoms. The highest BCUT2D eigenvalue weighted by molar-refractivity contribution is 5.22. The lowest BCUT2D eigenvalue weighted by Crippen LogP contribution is -2.25. The summed E-state index contributed by atoms with van der Waals surface area (Å²) in [6.45, 7) is 2.40. The van der Waals surface area contributed by atoms with E-state index in [9.17, 15) is 8.78 Å². The van der Waals surface area contributed by atoms with E-state index in [4.69, 9.17) is 5.11 Å². The molecule has 90 valence electrons. The van der Waals surface area contributed by atoms with Gasteiger partial charge < -0.3 is 10.4 Å². The van der Waals surface area contributed by atoms with Gasteiger partial charge in [-0.1, -0.05) is 19.4 Å². The summed E-state index contributed by atoms with van der Waals surface area (Å²) in [7, 11) is 0. The fraction of sp³-hybridized carbons (Fsp3) is 0.500. The minimum atomic E-state index is -0.571. The van der Waals surface area contributed by atoms with Gasteiger partial charge in [-0.15, -0.1) is 0 Å². The van der Waals surface area contributed by atoms with Crippen molar-refractivity contribution in [3.8, 4) is 0 Å². The van der Waals surface area contributed by atoms with E-state index < -0.39 is 11.6 Å². The van der Waals surface area contributed by atoms with Crippen molar-refractivity contribution in [3.05, 3.63) is 35.4 Å². The molecule has 16 heavy (non-hydrogen) atoms. The van der Waals surface area contributed by atoms with Crippen molar-refractivity contribution in [2.24, 2.45) is 0 Å². The number of nitrogens with one attached hydrogen (secondary N) is 1. The standard InChI is InChI=1S/C12H17F2NO/c1-2-3-12(15-6-7-16)10-5-4-9(13)8-11(10)14/h4-5,8,12,15-16H,2-3,6-7H2,1H3. The van der Waals surface area contributed by atoms with Crippen molar-refractivity contribution in [2.45, 2.75) is 25.8 Å². The Morgan fingerprint density at radius 2 is 2.12 bits per heavy atom. The lowest BCUT2D eigenvalue weighted by molar-refractivity contribution is 0.281. The second-order valence-corrected chi connectivity index (χ2v) is 3.68. The summed E-state index contributed by atoms with van der Waals surface area (Å²) in [4.78, 5) is 0. The molecule has 0 amide bonds. The second kappa shape index (κ2) is 6.55. The molecule has 1 atom stereocenters. The third kappa shape index (κ3) is 3.54. The number of aliphatic hydroxyl groups is 1. The first-order valence-electron chi connectivity index (χ1n) is 5.48.